The summed E-state index contributed by atoms with van der Waals surface area (Å²) in [5.74, 6) is -0.365. The monoisotopic (exact) mass is 357 g/mol. The lowest BCUT2D eigenvalue weighted by Crippen LogP contribution is -2.48. The number of amides is 1. The quantitative estimate of drug-likeness (QED) is 0.616. The standard InChI is InChI=1S/C18H23N5O3/c1-13-6-4-5-7-15(13)12-21-8-10-22(11-9-21)18(24)16-17(23(25)26)14(2)20(3)19-16/h4-7H,8-12H2,1-3H3. The normalized spacial score (nSPS) is 15.3. The zero-order valence-electron chi connectivity index (χ0n) is 15.3. The van der Waals surface area contributed by atoms with Gasteiger partial charge in [0.1, 0.15) is 5.69 Å². The van der Waals surface area contributed by atoms with Crippen LogP contribution in [0.15, 0.2) is 24.3 Å². The lowest BCUT2D eigenvalue weighted by molar-refractivity contribution is -0.385. The number of carbonyl (C=O) groups is 1. The van der Waals surface area contributed by atoms with Gasteiger partial charge in [0.2, 0.25) is 5.69 Å². The second kappa shape index (κ2) is 7.25. The molecule has 2 aromatic rings. The summed E-state index contributed by atoms with van der Waals surface area (Å²) in [6.45, 7) is 7.09. The van der Waals surface area contributed by atoms with E-state index in [4.69, 9.17) is 0 Å². The smallest absolute Gasteiger partial charge is 0.322 e. The number of benzene rings is 1. The highest BCUT2D eigenvalue weighted by Crippen LogP contribution is 2.24. The molecule has 8 nitrogen and oxygen atoms in total. The number of rotatable bonds is 4. The number of aromatic nitrogens is 2. The number of piperazine rings is 1. The molecule has 8 heteroatoms. The molecule has 1 amide bonds. The summed E-state index contributed by atoms with van der Waals surface area (Å²) in [6, 6.07) is 8.27. The van der Waals surface area contributed by atoms with Gasteiger partial charge in [0.05, 0.1) is 4.92 Å². The summed E-state index contributed by atoms with van der Waals surface area (Å²) < 4.78 is 1.39. The van der Waals surface area contributed by atoms with Crippen molar-refractivity contribution in [2.24, 2.45) is 7.05 Å². The first kappa shape index (κ1) is 18.1. The van der Waals surface area contributed by atoms with Crippen molar-refractivity contribution in [3.05, 3.63) is 56.9 Å². The van der Waals surface area contributed by atoms with Crippen LogP contribution in [-0.2, 0) is 13.6 Å². The highest BCUT2D eigenvalue weighted by atomic mass is 16.6. The number of aryl methyl sites for hydroxylation is 2. The van der Waals surface area contributed by atoms with Crippen LogP contribution < -0.4 is 0 Å². The number of carbonyl (C=O) groups excluding carboxylic acids is 1. The molecule has 0 atom stereocenters. The summed E-state index contributed by atoms with van der Waals surface area (Å²) in [4.78, 5) is 27.5. The molecule has 1 aromatic heterocycles. The topological polar surface area (TPSA) is 84.5 Å². The van der Waals surface area contributed by atoms with Crippen LogP contribution in [0.4, 0.5) is 5.69 Å². The number of hydrogen-bond donors (Lipinski definition) is 0. The van der Waals surface area contributed by atoms with Gasteiger partial charge in [-0.2, -0.15) is 5.10 Å². The van der Waals surface area contributed by atoms with Gasteiger partial charge in [-0.05, 0) is 25.0 Å². The van der Waals surface area contributed by atoms with Crippen molar-refractivity contribution >= 4 is 11.6 Å². The third-order valence-electron chi connectivity index (χ3n) is 5.00. The van der Waals surface area contributed by atoms with Gasteiger partial charge in [-0.15, -0.1) is 0 Å². The first-order valence-corrected chi connectivity index (χ1v) is 8.62. The van der Waals surface area contributed by atoms with E-state index in [1.165, 1.54) is 15.8 Å². The zero-order valence-corrected chi connectivity index (χ0v) is 15.3. The lowest BCUT2D eigenvalue weighted by Gasteiger charge is -2.34. The van der Waals surface area contributed by atoms with E-state index in [0.717, 1.165) is 19.6 Å². The van der Waals surface area contributed by atoms with Crippen LogP contribution in [0.25, 0.3) is 0 Å². The fraction of sp³-hybridized carbons (Fsp3) is 0.444. The molecule has 0 unspecified atom stereocenters. The molecule has 0 saturated carbocycles. The van der Waals surface area contributed by atoms with Crippen LogP contribution in [-0.4, -0.2) is 56.6 Å². The van der Waals surface area contributed by atoms with Gasteiger partial charge in [0, 0.05) is 39.8 Å². The van der Waals surface area contributed by atoms with E-state index in [2.05, 4.69) is 29.1 Å². The largest absolute Gasteiger partial charge is 0.334 e. The predicted octanol–water partition coefficient (Wildman–Crippen LogP) is 1.90. The van der Waals surface area contributed by atoms with Gasteiger partial charge in [-0.25, -0.2) is 0 Å². The molecule has 1 fully saturated rings. The molecule has 1 saturated heterocycles. The van der Waals surface area contributed by atoms with Crippen molar-refractivity contribution in [1.29, 1.82) is 0 Å². The summed E-state index contributed by atoms with van der Waals surface area (Å²) in [7, 11) is 1.61. The Morgan fingerprint density at radius 2 is 1.85 bits per heavy atom. The molecule has 0 aliphatic carbocycles. The van der Waals surface area contributed by atoms with E-state index in [-0.39, 0.29) is 17.3 Å². The van der Waals surface area contributed by atoms with E-state index < -0.39 is 4.92 Å². The van der Waals surface area contributed by atoms with Gasteiger partial charge in [-0.3, -0.25) is 24.5 Å². The Hall–Kier alpha value is -2.74. The van der Waals surface area contributed by atoms with Crippen LogP contribution >= 0.6 is 0 Å². The first-order valence-electron chi connectivity index (χ1n) is 8.62. The molecular weight excluding hydrogens is 334 g/mol. The minimum atomic E-state index is -0.524. The molecular formula is C18H23N5O3. The molecule has 3 rings (SSSR count). The lowest BCUT2D eigenvalue weighted by atomic mass is 10.1. The van der Waals surface area contributed by atoms with Gasteiger partial charge in [-0.1, -0.05) is 24.3 Å². The molecule has 0 bridgehead atoms. The Balaban J connectivity index is 1.67. The molecule has 1 aliphatic rings. The maximum absolute atomic E-state index is 12.7. The number of hydrogen-bond acceptors (Lipinski definition) is 5. The van der Waals surface area contributed by atoms with E-state index >= 15 is 0 Å². The van der Waals surface area contributed by atoms with Gasteiger partial charge >= 0.3 is 5.69 Å². The van der Waals surface area contributed by atoms with Crippen LogP contribution in [0.1, 0.15) is 27.3 Å². The molecule has 138 valence electrons. The minimum absolute atomic E-state index is 0.0673. The Morgan fingerprint density at radius 1 is 1.19 bits per heavy atom. The highest BCUT2D eigenvalue weighted by Gasteiger charge is 2.33. The maximum Gasteiger partial charge on any atom is 0.322 e. The highest BCUT2D eigenvalue weighted by molar-refractivity contribution is 5.96. The summed E-state index contributed by atoms with van der Waals surface area (Å²) in [5, 5.41) is 15.4. The molecule has 1 aromatic carbocycles. The van der Waals surface area contributed by atoms with Gasteiger partial charge in [0.25, 0.3) is 5.91 Å². The Labute approximate surface area is 152 Å². The molecule has 1 aliphatic heterocycles. The second-order valence-corrected chi connectivity index (χ2v) is 6.66. The maximum atomic E-state index is 12.7. The van der Waals surface area contributed by atoms with E-state index in [1.807, 2.05) is 12.1 Å². The average molecular weight is 357 g/mol. The van der Waals surface area contributed by atoms with E-state index in [9.17, 15) is 14.9 Å². The van der Waals surface area contributed by atoms with Crippen molar-refractivity contribution in [2.45, 2.75) is 20.4 Å². The van der Waals surface area contributed by atoms with Gasteiger partial charge < -0.3 is 4.90 Å². The average Bonchev–Trinajstić information content (AvgIpc) is 2.92. The summed E-state index contributed by atoms with van der Waals surface area (Å²) in [5.41, 5.74) is 2.66. The van der Waals surface area contributed by atoms with Crippen LogP contribution in [0.3, 0.4) is 0 Å². The fourth-order valence-electron chi connectivity index (χ4n) is 3.25. The SMILES string of the molecule is Cc1ccccc1CN1CCN(C(=O)c2nn(C)c(C)c2[N+](=O)[O-])CC1. The Morgan fingerprint density at radius 3 is 2.46 bits per heavy atom. The predicted molar refractivity (Wildman–Crippen MR) is 97.0 cm³/mol. The van der Waals surface area contributed by atoms with Crippen molar-refractivity contribution < 1.29 is 9.72 Å². The van der Waals surface area contributed by atoms with Crippen molar-refractivity contribution in [2.75, 3.05) is 26.2 Å². The molecule has 0 spiro atoms. The first-order chi connectivity index (χ1) is 12.4. The second-order valence-electron chi connectivity index (χ2n) is 6.66. The number of nitro groups is 1. The zero-order chi connectivity index (χ0) is 18.8. The molecule has 2 heterocycles. The third-order valence-corrected chi connectivity index (χ3v) is 5.00. The Bertz CT molecular complexity index is 837. The van der Waals surface area contributed by atoms with Gasteiger partial charge in [0.15, 0.2) is 0 Å². The fourth-order valence-corrected chi connectivity index (χ4v) is 3.25. The van der Waals surface area contributed by atoms with Crippen LogP contribution in [0, 0.1) is 24.0 Å². The van der Waals surface area contributed by atoms with Crippen molar-refractivity contribution in [3.63, 3.8) is 0 Å². The van der Waals surface area contributed by atoms with Crippen LogP contribution in [0.2, 0.25) is 0 Å². The van der Waals surface area contributed by atoms with Crippen molar-refractivity contribution in [1.82, 2.24) is 19.6 Å². The summed E-state index contributed by atoms with van der Waals surface area (Å²) in [6.07, 6.45) is 0. The molecule has 0 N–H and O–H groups in total. The minimum Gasteiger partial charge on any atom is -0.334 e. The van der Waals surface area contributed by atoms with E-state index in [1.54, 1.807) is 18.9 Å². The van der Waals surface area contributed by atoms with E-state index in [0.29, 0.717) is 18.8 Å². The third kappa shape index (κ3) is 3.45. The Kier molecular flexibility index (Phi) is 5.03. The summed E-state index contributed by atoms with van der Waals surface area (Å²) >= 11 is 0. The van der Waals surface area contributed by atoms with Crippen molar-refractivity contribution in [3.8, 4) is 0 Å². The number of nitrogens with zero attached hydrogens (tertiary/aromatic N) is 5. The molecule has 0 radical (unpaired) electrons. The molecule has 26 heavy (non-hydrogen) atoms. The van der Waals surface area contributed by atoms with Crippen LogP contribution in [0.5, 0.6) is 0 Å².